The summed E-state index contributed by atoms with van der Waals surface area (Å²) in [7, 11) is 0. The van der Waals surface area contributed by atoms with Crippen molar-refractivity contribution in [3.8, 4) is 16.9 Å². The van der Waals surface area contributed by atoms with Gasteiger partial charge in [0.25, 0.3) is 0 Å². The Hall–Kier alpha value is -3.15. The molecular weight excluding hydrogens is 328 g/mol. The second-order valence-electron chi connectivity index (χ2n) is 6.30. The summed E-state index contributed by atoms with van der Waals surface area (Å²) in [6.45, 7) is 6.36. The van der Waals surface area contributed by atoms with E-state index in [9.17, 15) is 9.90 Å². The maximum atomic E-state index is 11.8. The zero-order valence-electron chi connectivity index (χ0n) is 15.1. The minimum atomic E-state index is -0.290. The lowest BCUT2D eigenvalue weighted by atomic mass is 9.99. The fourth-order valence-corrected chi connectivity index (χ4v) is 2.77. The molecule has 2 amide bonds. The number of hydrogen-bond donors (Lipinski definition) is 3. The number of phenolic OH excluding ortho intramolecular Hbond substituents is 1. The van der Waals surface area contributed by atoms with Crippen LogP contribution < -0.4 is 10.6 Å². The summed E-state index contributed by atoms with van der Waals surface area (Å²) in [5, 5.41) is 15.4. The molecule has 0 bridgehead atoms. The van der Waals surface area contributed by atoms with Crippen molar-refractivity contribution in [2.24, 2.45) is 0 Å². The van der Waals surface area contributed by atoms with Gasteiger partial charge in [-0.2, -0.15) is 0 Å². The second kappa shape index (κ2) is 7.39. The number of aromatic nitrogens is 2. The van der Waals surface area contributed by atoms with Gasteiger partial charge in [-0.3, -0.25) is 10.3 Å². The van der Waals surface area contributed by atoms with Gasteiger partial charge in [-0.1, -0.05) is 13.0 Å². The monoisotopic (exact) mass is 350 g/mol. The molecule has 0 radical (unpaired) electrons. The summed E-state index contributed by atoms with van der Waals surface area (Å²) in [6.07, 6.45) is 2.41. The lowest BCUT2D eigenvalue weighted by Crippen LogP contribution is -2.29. The number of hydrogen-bond acceptors (Lipinski definition) is 4. The van der Waals surface area contributed by atoms with Gasteiger partial charge in [-0.15, -0.1) is 0 Å². The number of aryl methyl sites for hydroxylation is 2. The molecule has 26 heavy (non-hydrogen) atoms. The molecule has 134 valence electrons. The van der Waals surface area contributed by atoms with Crippen LogP contribution in [0.2, 0.25) is 0 Å². The minimum absolute atomic E-state index is 0.290. The van der Waals surface area contributed by atoms with Crippen molar-refractivity contribution in [2.75, 3.05) is 11.9 Å². The number of phenols is 1. The number of nitrogens with one attached hydrogen (secondary N) is 2. The van der Waals surface area contributed by atoms with Crippen LogP contribution in [0.1, 0.15) is 24.5 Å². The number of fused-ring (bicyclic) bond motifs is 1. The Morgan fingerprint density at radius 3 is 2.50 bits per heavy atom. The molecule has 0 saturated carbocycles. The quantitative estimate of drug-likeness (QED) is 0.659. The van der Waals surface area contributed by atoms with E-state index in [1.807, 2.05) is 51.1 Å². The Morgan fingerprint density at radius 2 is 1.81 bits per heavy atom. The predicted octanol–water partition coefficient (Wildman–Crippen LogP) is 4.15. The first-order valence-corrected chi connectivity index (χ1v) is 8.60. The van der Waals surface area contributed by atoms with Gasteiger partial charge in [0, 0.05) is 6.54 Å². The number of rotatable bonds is 4. The molecule has 1 aromatic heterocycles. The van der Waals surface area contributed by atoms with Gasteiger partial charge in [-0.05, 0) is 66.8 Å². The highest BCUT2D eigenvalue weighted by atomic mass is 16.3. The van der Waals surface area contributed by atoms with E-state index in [1.54, 1.807) is 6.20 Å². The fraction of sp³-hybridized carbons (Fsp3) is 0.250. The smallest absolute Gasteiger partial charge is 0.320 e. The molecule has 3 aromatic rings. The largest absolute Gasteiger partial charge is 0.507 e. The van der Waals surface area contributed by atoms with Gasteiger partial charge >= 0.3 is 6.03 Å². The molecule has 0 aliphatic rings. The summed E-state index contributed by atoms with van der Waals surface area (Å²) < 4.78 is 0. The number of urea groups is 1. The van der Waals surface area contributed by atoms with Gasteiger partial charge < -0.3 is 10.4 Å². The number of carbonyl (C=O) groups excluding carboxylic acids is 1. The van der Waals surface area contributed by atoms with Crippen LogP contribution in [0.4, 0.5) is 10.6 Å². The lowest BCUT2D eigenvalue weighted by Gasteiger charge is -2.10. The van der Waals surface area contributed by atoms with Crippen molar-refractivity contribution in [3.05, 3.63) is 47.7 Å². The summed E-state index contributed by atoms with van der Waals surface area (Å²) in [6, 6.07) is 9.40. The van der Waals surface area contributed by atoms with E-state index in [-0.39, 0.29) is 6.03 Å². The van der Waals surface area contributed by atoms with E-state index in [0.717, 1.165) is 34.2 Å². The molecule has 0 saturated heterocycles. The van der Waals surface area contributed by atoms with E-state index in [1.165, 1.54) is 0 Å². The number of carbonyl (C=O) groups is 1. The molecule has 6 nitrogen and oxygen atoms in total. The number of aromatic hydroxyl groups is 1. The van der Waals surface area contributed by atoms with Gasteiger partial charge in [-0.25, -0.2) is 9.78 Å². The minimum Gasteiger partial charge on any atom is -0.507 e. The molecule has 1 heterocycles. The molecule has 0 aliphatic heterocycles. The Morgan fingerprint density at radius 1 is 1.08 bits per heavy atom. The third kappa shape index (κ3) is 3.74. The molecule has 0 atom stereocenters. The average molecular weight is 350 g/mol. The summed E-state index contributed by atoms with van der Waals surface area (Å²) in [5.74, 6) is 0.722. The van der Waals surface area contributed by atoms with Gasteiger partial charge in [0.15, 0.2) is 5.82 Å². The molecule has 3 N–H and O–H groups in total. The van der Waals surface area contributed by atoms with Crippen LogP contribution in [0.15, 0.2) is 36.5 Å². The van der Waals surface area contributed by atoms with Crippen LogP contribution in [-0.2, 0) is 0 Å². The van der Waals surface area contributed by atoms with E-state index >= 15 is 0 Å². The zero-order valence-corrected chi connectivity index (χ0v) is 15.1. The van der Waals surface area contributed by atoms with Crippen molar-refractivity contribution in [2.45, 2.75) is 27.2 Å². The Kier molecular flexibility index (Phi) is 5.02. The third-order valence-electron chi connectivity index (χ3n) is 4.14. The van der Waals surface area contributed by atoms with Gasteiger partial charge in [0.1, 0.15) is 5.75 Å². The molecule has 3 rings (SSSR count). The predicted molar refractivity (Wildman–Crippen MR) is 103 cm³/mol. The summed E-state index contributed by atoms with van der Waals surface area (Å²) >= 11 is 0. The number of nitrogens with zero attached hydrogens (tertiary/aromatic N) is 2. The van der Waals surface area contributed by atoms with Crippen molar-refractivity contribution in [1.29, 1.82) is 0 Å². The number of benzene rings is 2. The van der Waals surface area contributed by atoms with Crippen molar-refractivity contribution in [1.82, 2.24) is 15.3 Å². The molecule has 0 spiro atoms. The third-order valence-corrected chi connectivity index (χ3v) is 4.14. The van der Waals surface area contributed by atoms with Crippen LogP contribution in [0, 0.1) is 13.8 Å². The van der Waals surface area contributed by atoms with Gasteiger partial charge in [0.2, 0.25) is 0 Å². The van der Waals surface area contributed by atoms with E-state index in [2.05, 4.69) is 20.6 Å². The van der Waals surface area contributed by atoms with Crippen LogP contribution >= 0.6 is 0 Å². The van der Waals surface area contributed by atoms with E-state index in [4.69, 9.17) is 0 Å². The lowest BCUT2D eigenvalue weighted by molar-refractivity contribution is 0.252. The first-order valence-electron chi connectivity index (χ1n) is 8.60. The Labute approximate surface area is 152 Å². The maximum Gasteiger partial charge on any atom is 0.320 e. The first kappa shape index (κ1) is 17.7. The van der Waals surface area contributed by atoms with Gasteiger partial charge in [0.05, 0.1) is 17.2 Å². The Bertz CT molecular complexity index is 946. The highest BCUT2D eigenvalue weighted by Crippen LogP contribution is 2.30. The summed E-state index contributed by atoms with van der Waals surface area (Å²) in [4.78, 5) is 20.6. The van der Waals surface area contributed by atoms with Crippen LogP contribution in [0.25, 0.3) is 22.2 Å². The van der Waals surface area contributed by atoms with Crippen molar-refractivity contribution >= 4 is 22.9 Å². The standard InChI is InChI=1S/C20H22N4O2/c1-4-7-21-20(26)24-18-11-22-16-6-5-14(10-17(16)23-18)15-8-12(2)19(25)13(3)9-15/h5-6,8-11,25H,4,7H2,1-3H3,(H2,21,23,24,26). The number of anilines is 1. The highest BCUT2D eigenvalue weighted by Gasteiger charge is 2.08. The highest BCUT2D eigenvalue weighted by molar-refractivity contribution is 5.90. The summed E-state index contributed by atoms with van der Waals surface area (Å²) in [5.41, 5.74) is 5.08. The molecule has 2 aromatic carbocycles. The van der Waals surface area contributed by atoms with Crippen LogP contribution in [0.3, 0.4) is 0 Å². The van der Waals surface area contributed by atoms with Crippen LogP contribution in [-0.4, -0.2) is 27.7 Å². The molecule has 6 heteroatoms. The molecular formula is C20H22N4O2. The normalized spacial score (nSPS) is 10.7. The second-order valence-corrected chi connectivity index (χ2v) is 6.30. The molecule has 0 unspecified atom stereocenters. The average Bonchev–Trinajstić information content (AvgIpc) is 2.63. The number of amides is 2. The molecule has 0 fully saturated rings. The molecule has 0 aliphatic carbocycles. The maximum absolute atomic E-state index is 11.8. The zero-order chi connectivity index (χ0) is 18.7. The topological polar surface area (TPSA) is 87.1 Å². The van der Waals surface area contributed by atoms with E-state index < -0.39 is 0 Å². The van der Waals surface area contributed by atoms with E-state index in [0.29, 0.717) is 23.6 Å². The van der Waals surface area contributed by atoms with Crippen LogP contribution in [0.5, 0.6) is 5.75 Å². The SMILES string of the molecule is CCCNC(=O)Nc1cnc2ccc(-c3cc(C)c(O)c(C)c3)cc2n1. The van der Waals surface area contributed by atoms with Crippen molar-refractivity contribution in [3.63, 3.8) is 0 Å². The fourth-order valence-electron chi connectivity index (χ4n) is 2.77. The Balaban J connectivity index is 1.93. The first-order chi connectivity index (χ1) is 12.5. The van der Waals surface area contributed by atoms with Crippen molar-refractivity contribution < 1.29 is 9.90 Å².